The Kier molecular flexibility index (Phi) is 8.05. The van der Waals surface area contributed by atoms with Crippen LogP contribution in [0.5, 0.6) is 5.75 Å². The molecule has 1 saturated carbocycles. The van der Waals surface area contributed by atoms with Crippen LogP contribution in [0, 0.1) is 5.92 Å². The summed E-state index contributed by atoms with van der Waals surface area (Å²) >= 11 is 0. The van der Waals surface area contributed by atoms with Crippen LogP contribution >= 0.6 is 0 Å². The first-order valence-electron chi connectivity index (χ1n) is 12.4. The zero-order valence-corrected chi connectivity index (χ0v) is 20.3. The number of fused-ring (bicyclic) bond motifs is 1. The molecule has 4 rings (SSSR count). The van der Waals surface area contributed by atoms with E-state index in [1.807, 2.05) is 36.2 Å². The highest BCUT2D eigenvalue weighted by Gasteiger charge is 2.26. The van der Waals surface area contributed by atoms with Gasteiger partial charge in [-0.25, -0.2) is 0 Å². The standard InChI is InChI=1S/C28H38N2O3/c1-4-25(19-32-3)29-17-21-7-8-24-16-26(12-9-23(24)15-21)30(2)28(31)22-10-13-27(14-11-22)33-18-20-5-6-20/h7-8,10-11,13-15,20,25-26,29H,4-6,9,12,16-19H2,1-3H3/t25?,26-/m0/s1. The van der Waals surface area contributed by atoms with Crippen molar-refractivity contribution in [2.24, 2.45) is 5.92 Å². The number of ether oxygens (including phenoxy) is 2. The fraction of sp³-hybridized carbons (Fsp3) is 0.536. The average molecular weight is 451 g/mol. The summed E-state index contributed by atoms with van der Waals surface area (Å²) < 4.78 is 11.1. The number of nitrogens with zero attached hydrogens (tertiary/aromatic N) is 1. The van der Waals surface area contributed by atoms with E-state index in [1.165, 1.54) is 29.5 Å². The van der Waals surface area contributed by atoms with Gasteiger partial charge in [-0.1, -0.05) is 25.1 Å². The van der Waals surface area contributed by atoms with Gasteiger partial charge in [-0.3, -0.25) is 4.79 Å². The van der Waals surface area contributed by atoms with Crippen molar-refractivity contribution in [1.29, 1.82) is 0 Å². The van der Waals surface area contributed by atoms with Crippen molar-refractivity contribution in [3.63, 3.8) is 0 Å². The Balaban J connectivity index is 1.32. The van der Waals surface area contributed by atoms with Crippen molar-refractivity contribution < 1.29 is 14.3 Å². The molecule has 2 aromatic carbocycles. The summed E-state index contributed by atoms with van der Waals surface area (Å²) in [6, 6.07) is 15.0. The van der Waals surface area contributed by atoms with Gasteiger partial charge in [-0.15, -0.1) is 0 Å². The zero-order valence-electron chi connectivity index (χ0n) is 20.3. The number of likely N-dealkylation sites (N-methyl/N-ethyl adjacent to an activating group) is 1. The molecule has 5 heteroatoms. The number of carbonyl (C=O) groups is 1. The monoisotopic (exact) mass is 450 g/mol. The third-order valence-electron chi connectivity index (χ3n) is 7.08. The van der Waals surface area contributed by atoms with E-state index in [4.69, 9.17) is 9.47 Å². The minimum atomic E-state index is 0.0850. The summed E-state index contributed by atoms with van der Waals surface area (Å²) in [5.41, 5.74) is 4.82. The lowest BCUT2D eigenvalue weighted by atomic mass is 9.86. The van der Waals surface area contributed by atoms with Gasteiger partial charge in [0.25, 0.3) is 5.91 Å². The van der Waals surface area contributed by atoms with Gasteiger partial charge in [-0.2, -0.15) is 0 Å². The Morgan fingerprint density at radius 2 is 1.91 bits per heavy atom. The van der Waals surface area contributed by atoms with Gasteiger partial charge in [-0.05, 0) is 85.4 Å². The molecule has 1 unspecified atom stereocenters. The molecule has 2 aliphatic carbocycles. The van der Waals surface area contributed by atoms with Crippen LogP contribution in [0.25, 0.3) is 0 Å². The molecule has 33 heavy (non-hydrogen) atoms. The van der Waals surface area contributed by atoms with Crippen molar-refractivity contribution in [2.45, 2.75) is 64.1 Å². The van der Waals surface area contributed by atoms with E-state index in [1.54, 1.807) is 7.11 Å². The number of hydrogen-bond donors (Lipinski definition) is 1. The van der Waals surface area contributed by atoms with Crippen LogP contribution in [0.1, 0.15) is 59.7 Å². The maximum Gasteiger partial charge on any atom is 0.253 e. The van der Waals surface area contributed by atoms with Crippen molar-refractivity contribution in [3.05, 3.63) is 64.7 Å². The van der Waals surface area contributed by atoms with Gasteiger partial charge in [0.05, 0.1) is 13.2 Å². The maximum absolute atomic E-state index is 13.1. The first-order chi connectivity index (χ1) is 16.1. The van der Waals surface area contributed by atoms with E-state index >= 15 is 0 Å². The smallest absolute Gasteiger partial charge is 0.253 e. The predicted molar refractivity (Wildman–Crippen MR) is 132 cm³/mol. The lowest BCUT2D eigenvalue weighted by Gasteiger charge is -2.33. The van der Waals surface area contributed by atoms with Gasteiger partial charge >= 0.3 is 0 Å². The first kappa shape index (κ1) is 23.8. The number of hydrogen-bond acceptors (Lipinski definition) is 4. The molecule has 0 heterocycles. The van der Waals surface area contributed by atoms with Crippen LogP contribution in [0.15, 0.2) is 42.5 Å². The van der Waals surface area contributed by atoms with Gasteiger partial charge in [0.2, 0.25) is 0 Å². The second kappa shape index (κ2) is 11.2. The molecule has 0 bridgehead atoms. The third-order valence-corrected chi connectivity index (χ3v) is 7.08. The molecule has 1 amide bonds. The summed E-state index contributed by atoms with van der Waals surface area (Å²) in [5, 5.41) is 3.59. The Morgan fingerprint density at radius 3 is 2.61 bits per heavy atom. The Morgan fingerprint density at radius 1 is 1.12 bits per heavy atom. The van der Waals surface area contributed by atoms with Gasteiger partial charge < -0.3 is 19.7 Å². The normalized spacial score (nSPS) is 18.5. The number of rotatable bonds is 11. The molecule has 1 N–H and O–H groups in total. The fourth-order valence-electron chi connectivity index (χ4n) is 4.58. The van der Waals surface area contributed by atoms with Crippen molar-refractivity contribution in [3.8, 4) is 5.75 Å². The first-order valence-corrected chi connectivity index (χ1v) is 12.4. The molecule has 0 radical (unpaired) electrons. The summed E-state index contributed by atoms with van der Waals surface area (Å²) in [5.74, 6) is 1.66. The minimum Gasteiger partial charge on any atom is -0.493 e. The molecule has 2 atom stereocenters. The van der Waals surface area contributed by atoms with E-state index in [0.29, 0.717) is 6.04 Å². The second-order valence-electron chi connectivity index (χ2n) is 9.64. The fourth-order valence-corrected chi connectivity index (χ4v) is 4.58. The SMILES string of the molecule is CCC(COC)NCc1ccc2c(c1)CC[C@H](N(C)C(=O)c1ccc(OCC3CC3)cc1)C2. The van der Waals surface area contributed by atoms with Crippen molar-refractivity contribution >= 4 is 5.91 Å². The molecule has 5 nitrogen and oxygen atoms in total. The molecular weight excluding hydrogens is 412 g/mol. The van der Waals surface area contributed by atoms with E-state index in [-0.39, 0.29) is 11.9 Å². The Labute approximate surface area is 198 Å². The van der Waals surface area contributed by atoms with Crippen LogP contribution in [0.4, 0.5) is 0 Å². The highest BCUT2D eigenvalue weighted by atomic mass is 16.5. The average Bonchev–Trinajstić information content (AvgIpc) is 3.69. The van der Waals surface area contributed by atoms with Gasteiger partial charge in [0.1, 0.15) is 5.75 Å². The number of aryl methyl sites for hydroxylation is 1. The van der Waals surface area contributed by atoms with Crippen LogP contribution < -0.4 is 10.1 Å². The summed E-state index contributed by atoms with van der Waals surface area (Å²) in [4.78, 5) is 15.0. The van der Waals surface area contributed by atoms with Crippen LogP contribution in [-0.4, -0.2) is 50.3 Å². The number of carbonyl (C=O) groups excluding carboxylic acids is 1. The minimum absolute atomic E-state index is 0.0850. The number of amides is 1. The molecule has 1 fully saturated rings. The lowest BCUT2D eigenvalue weighted by Crippen LogP contribution is -2.40. The molecule has 0 saturated heterocycles. The third kappa shape index (κ3) is 6.36. The summed E-state index contributed by atoms with van der Waals surface area (Å²) in [6.07, 6.45) is 6.52. The van der Waals surface area contributed by atoms with Gasteiger partial charge in [0.15, 0.2) is 0 Å². The number of methoxy groups -OCH3 is 1. The second-order valence-corrected chi connectivity index (χ2v) is 9.64. The Bertz CT molecular complexity index is 923. The van der Waals surface area contributed by atoms with E-state index in [9.17, 15) is 4.79 Å². The quantitative estimate of drug-likeness (QED) is 0.543. The predicted octanol–water partition coefficient (Wildman–Crippen LogP) is 4.62. The van der Waals surface area contributed by atoms with Crippen molar-refractivity contribution in [2.75, 3.05) is 27.4 Å². The van der Waals surface area contributed by atoms with Crippen LogP contribution in [0.3, 0.4) is 0 Å². The molecular formula is C28H38N2O3. The Hall–Kier alpha value is -2.37. The lowest BCUT2D eigenvalue weighted by molar-refractivity contribution is 0.0719. The van der Waals surface area contributed by atoms with E-state index in [0.717, 1.165) is 62.7 Å². The number of benzene rings is 2. The summed E-state index contributed by atoms with van der Waals surface area (Å²) in [6.45, 7) is 4.56. The molecule has 178 valence electrons. The molecule has 0 spiro atoms. The van der Waals surface area contributed by atoms with Gasteiger partial charge in [0, 0.05) is 38.3 Å². The summed E-state index contributed by atoms with van der Waals surface area (Å²) in [7, 11) is 3.69. The molecule has 2 aliphatic rings. The van der Waals surface area contributed by atoms with E-state index in [2.05, 4.69) is 30.4 Å². The van der Waals surface area contributed by atoms with Crippen LogP contribution in [-0.2, 0) is 24.1 Å². The molecule has 0 aliphatic heterocycles. The highest BCUT2D eigenvalue weighted by molar-refractivity contribution is 5.94. The number of nitrogens with one attached hydrogen (secondary N) is 1. The zero-order chi connectivity index (χ0) is 23.2. The highest BCUT2D eigenvalue weighted by Crippen LogP contribution is 2.30. The van der Waals surface area contributed by atoms with Crippen molar-refractivity contribution in [1.82, 2.24) is 10.2 Å². The van der Waals surface area contributed by atoms with Crippen LogP contribution in [0.2, 0.25) is 0 Å². The molecule has 2 aromatic rings. The molecule has 0 aromatic heterocycles. The largest absolute Gasteiger partial charge is 0.493 e. The topological polar surface area (TPSA) is 50.8 Å². The maximum atomic E-state index is 13.1. The van der Waals surface area contributed by atoms with E-state index < -0.39 is 0 Å².